The Bertz CT molecular complexity index is 88.6. The van der Waals surface area contributed by atoms with Gasteiger partial charge in [-0.05, 0) is 31.7 Å². The summed E-state index contributed by atoms with van der Waals surface area (Å²) in [7, 11) is 0. The second kappa shape index (κ2) is 2.70. The highest BCUT2D eigenvalue weighted by Gasteiger charge is 2.24. The lowest BCUT2D eigenvalue weighted by Gasteiger charge is -2.18. The van der Waals surface area contributed by atoms with E-state index in [0.29, 0.717) is 0 Å². The number of rotatable bonds is 1. The third kappa shape index (κ3) is 1.45. The minimum atomic E-state index is 0.755. The van der Waals surface area contributed by atoms with E-state index in [1.807, 2.05) is 0 Å². The van der Waals surface area contributed by atoms with E-state index in [0.717, 1.165) is 17.9 Å². The van der Waals surface area contributed by atoms with E-state index in [-0.39, 0.29) is 0 Å². The first-order valence-corrected chi connectivity index (χ1v) is 3.95. The Morgan fingerprint density at radius 1 is 1.44 bits per heavy atom. The first-order valence-electron chi connectivity index (χ1n) is 3.95. The van der Waals surface area contributed by atoms with Crippen LogP contribution in [-0.4, -0.2) is 12.6 Å². The predicted molar refractivity (Wildman–Crippen MR) is 40.4 cm³/mol. The van der Waals surface area contributed by atoms with Gasteiger partial charge < -0.3 is 5.32 Å². The lowest BCUT2D eigenvalue weighted by Crippen LogP contribution is -2.25. The largest absolute Gasteiger partial charge is 0.314 e. The van der Waals surface area contributed by atoms with Crippen molar-refractivity contribution in [2.24, 2.45) is 11.8 Å². The molecule has 0 aromatic carbocycles. The summed E-state index contributed by atoms with van der Waals surface area (Å²) in [4.78, 5) is 0. The summed E-state index contributed by atoms with van der Waals surface area (Å²) < 4.78 is 0. The van der Waals surface area contributed by atoms with Gasteiger partial charge in [-0.3, -0.25) is 0 Å². The van der Waals surface area contributed by atoms with Crippen LogP contribution in [0, 0.1) is 11.8 Å². The lowest BCUT2D eigenvalue weighted by atomic mass is 9.90. The smallest absolute Gasteiger partial charge is 0.00699 e. The monoisotopic (exact) mass is 127 g/mol. The average Bonchev–Trinajstić information content (AvgIpc) is 2.13. The molecular formula is C8H17N. The average molecular weight is 127 g/mol. The topological polar surface area (TPSA) is 12.0 Å². The third-order valence-corrected chi connectivity index (χ3v) is 2.44. The second-order valence-electron chi connectivity index (χ2n) is 3.44. The lowest BCUT2D eigenvalue weighted by molar-refractivity contribution is 0.357. The van der Waals surface area contributed by atoms with Crippen LogP contribution in [0.25, 0.3) is 0 Å². The van der Waals surface area contributed by atoms with E-state index in [2.05, 4.69) is 26.1 Å². The zero-order valence-corrected chi connectivity index (χ0v) is 6.65. The first-order chi connectivity index (χ1) is 4.22. The van der Waals surface area contributed by atoms with Gasteiger partial charge in [-0.25, -0.2) is 0 Å². The van der Waals surface area contributed by atoms with Crippen molar-refractivity contribution in [1.29, 1.82) is 0 Å². The summed E-state index contributed by atoms with van der Waals surface area (Å²) in [5, 5.41) is 3.45. The van der Waals surface area contributed by atoms with E-state index in [1.54, 1.807) is 0 Å². The Labute approximate surface area is 57.8 Å². The molecule has 54 valence electrons. The summed E-state index contributed by atoms with van der Waals surface area (Å²) in [6, 6.07) is 0.755. The quantitative estimate of drug-likeness (QED) is 0.564. The van der Waals surface area contributed by atoms with Crippen molar-refractivity contribution >= 4 is 0 Å². The molecule has 0 aromatic heterocycles. The molecule has 1 fully saturated rings. The Morgan fingerprint density at radius 3 is 2.33 bits per heavy atom. The molecule has 1 nitrogen and oxygen atoms in total. The van der Waals surface area contributed by atoms with Gasteiger partial charge in [-0.15, -0.1) is 0 Å². The molecule has 0 aliphatic carbocycles. The van der Waals surface area contributed by atoms with Crippen LogP contribution in [0.15, 0.2) is 0 Å². The van der Waals surface area contributed by atoms with Crippen molar-refractivity contribution in [1.82, 2.24) is 5.32 Å². The van der Waals surface area contributed by atoms with Gasteiger partial charge in [-0.1, -0.05) is 13.8 Å². The predicted octanol–water partition coefficient (Wildman–Crippen LogP) is 1.64. The maximum absolute atomic E-state index is 3.45. The maximum atomic E-state index is 3.45. The fourth-order valence-corrected chi connectivity index (χ4v) is 1.79. The van der Waals surface area contributed by atoms with Gasteiger partial charge in [0.1, 0.15) is 0 Å². The fraction of sp³-hybridized carbons (Fsp3) is 1.00. The summed E-state index contributed by atoms with van der Waals surface area (Å²) in [6.07, 6.45) is 1.37. The molecule has 0 saturated carbocycles. The van der Waals surface area contributed by atoms with E-state index < -0.39 is 0 Å². The minimum Gasteiger partial charge on any atom is -0.314 e. The van der Waals surface area contributed by atoms with Crippen molar-refractivity contribution in [3.8, 4) is 0 Å². The zero-order valence-electron chi connectivity index (χ0n) is 6.65. The molecule has 0 radical (unpaired) electrons. The number of hydrogen-bond donors (Lipinski definition) is 1. The standard InChI is InChI=1S/C8H17N/c1-6(2)8-4-5-9-7(8)3/h6-9H,4-5H2,1-3H3. The normalized spacial score (nSPS) is 36.0. The number of hydrogen-bond acceptors (Lipinski definition) is 1. The van der Waals surface area contributed by atoms with Gasteiger partial charge >= 0.3 is 0 Å². The van der Waals surface area contributed by atoms with E-state index in [4.69, 9.17) is 0 Å². The minimum absolute atomic E-state index is 0.755. The molecule has 1 rings (SSSR count). The zero-order chi connectivity index (χ0) is 6.85. The highest BCUT2D eigenvalue weighted by atomic mass is 14.9. The third-order valence-electron chi connectivity index (χ3n) is 2.44. The van der Waals surface area contributed by atoms with Gasteiger partial charge in [0.05, 0.1) is 0 Å². The van der Waals surface area contributed by atoms with Crippen LogP contribution < -0.4 is 5.32 Å². The molecule has 0 spiro atoms. The molecule has 0 aromatic rings. The Kier molecular flexibility index (Phi) is 2.12. The van der Waals surface area contributed by atoms with Gasteiger partial charge in [0, 0.05) is 6.04 Å². The summed E-state index contributed by atoms with van der Waals surface area (Å²) in [5.74, 6) is 1.78. The maximum Gasteiger partial charge on any atom is 0.00699 e. The van der Waals surface area contributed by atoms with Crippen LogP contribution in [0.1, 0.15) is 27.2 Å². The fourth-order valence-electron chi connectivity index (χ4n) is 1.79. The molecule has 9 heavy (non-hydrogen) atoms. The van der Waals surface area contributed by atoms with Crippen LogP contribution >= 0.6 is 0 Å². The van der Waals surface area contributed by atoms with Crippen molar-refractivity contribution in [3.05, 3.63) is 0 Å². The Balaban J connectivity index is 2.40. The highest BCUT2D eigenvalue weighted by molar-refractivity contribution is 4.81. The van der Waals surface area contributed by atoms with Gasteiger partial charge in [0.2, 0.25) is 0 Å². The summed E-state index contributed by atoms with van der Waals surface area (Å²) in [6.45, 7) is 8.14. The molecule has 1 aliphatic heterocycles. The molecule has 1 saturated heterocycles. The second-order valence-corrected chi connectivity index (χ2v) is 3.44. The highest BCUT2D eigenvalue weighted by Crippen LogP contribution is 2.22. The van der Waals surface area contributed by atoms with Crippen LogP contribution in [0.4, 0.5) is 0 Å². The molecule has 2 atom stereocenters. The van der Waals surface area contributed by atoms with Crippen molar-refractivity contribution in [2.45, 2.75) is 33.2 Å². The van der Waals surface area contributed by atoms with Crippen molar-refractivity contribution in [2.75, 3.05) is 6.54 Å². The molecule has 0 amide bonds. The van der Waals surface area contributed by atoms with Crippen molar-refractivity contribution in [3.63, 3.8) is 0 Å². The molecule has 1 heterocycles. The van der Waals surface area contributed by atoms with Crippen molar-refractivity contribution < 1.29 is 0 Å². The molecule has 1 N–H and O–H groups in total. The summed E-state index contributed by atoms with van der Waals surface area (Å²) in [5.41, 5.74) is 0. The van der Waals surface area contributed by atoms with E-state index >= 15 is 0 Å². The van der Waals surface area contributed by atoms with Crippen LogP contribution in [0.5, 0.6) is 0 Å². The van der Waals surface area contributed by atoms with Crippen LogP contribution in [0.3, 0.4) is 0 Å². The van der Waals surface area contributed by atoms with E-state index in [1.165, 1.54) is 13.0 Å². The molecule has 1 heteroatoms. The molecular weight excluding hydrogens is 110 g/mol. The molecule has 1 aliphatic rings. The Hall–Kier alpha value is -0.0400. The number of nitrogens with one attached hydrogen (secondary N) is 1. The van der Waals surface area contributed by atoms with Crippen LogP contribution in [0.2, 0.25) is 0 Å². The van der Waals surface area contributed by atoms with Gasteiger partial charge in [-0.2, -0.15) is 0 Å². The molecule has 0 bridgehead atoms. The first kappa shape index (κ1) is 7.07. The van der Waals surface area contributed by atoms with E-state index in [9.17, 15) is 0 Å². The van der Waals surface area contributed by atoms with Crippen LogP contribution in [-0.2, 0) is 0 Å². The summed E-state index contributed by atoms with van der Waals surface area (Å²) >= 11 is 0. The van der Waals surface area contributed by atoms with Gasteiger partial charge in [0.15, 0.2) is 0 Å². The Morgan fingerprint density at radius 2 is 2.11 bits per heavy atom. The van der Waals surface area contributed by atoms with Gasteiger partial charge in [0.25, 0.3) is 0 Å². The molecule has 2 unspecified atom stereocenters. The SMILES string of the molecule is CC(C)C1CCNC1C.